The van der Waals surface area contributed by atoms with Crippen LogP contribution in [-0.4, -0.2) is 23.4 Å². The number of allylic oxidation sites excluding steroid dienone is 3. The van der Waals surface area contributed by atoms with Gasteiger partial charge in [-0.15, -0.1) is 0 Å². The lowest BCUT2D eigenvalue weighted by molar-refractivity contribution is 0.360. The molecule has 0 atom stereocenters. The number of ether oxygens (including phenoxy) is 2. The van der Waals surface area contributed by atoms with Crippen molar-refractivity contribution in [3.63, 3.8) is 0 Å². The minimum Gasteiger partial charge on any atom is -0.504 e. The topological polar surface area (TPSA) is 60.7 Å². The summed E-state index contributed by atoms with van der Waals surface area (Å²) in [4.78, 5) is 12.9. The first-order chi connectivity index (χ1) is 14.9. The van der Waals surface area contributed by atoms with E-state index in [1.54, 1.807) is 10.6 Å². The molecule has 0 saturated carbocycles. The third kappa shape index (κ3) is 6.91. The highest BCUT2D eigenvalue weighted by atomic mass is 16.5. The highest BCUT2D eigenvalue weighted by Gasteiger charge is 2.17. The maximum Gasteiger partial charge on any atom is 0.297 e. The van der Waals surface area contributed by atoms with Crippen molar-refractivity contribution >= 4 is 10.9 Å². The average Bonchev–Trinajstić information content (AvgIpc) is 2.73. The van der Waals surface area contributed by atoms with Crippen LogP contribution in [0.2, 0.25) is 0 Å². The van der Waals surface area contributed by atoms with Crippen LogP contribution in [0.5, 0.6) is 17.2 Å². The van der Waals surface area contributed by atoms with Crippen LogP contribution in [0, 0.1) is 0 Å². The Kier molecular flexibility index (Phi) is 9.70. The Hall–Kier alpha value is -2.69. The number of hydrogen-bond acceptors (Lipinski definition) is 4. The third-order valence-corrected chi connectivity index (χ3v) is 5.38. The van der Waals surface area contributed by atoms with E-state index < -0.39 is 0 Å². The summed E-state index contributed by atoms with van der Waals surface area (Å²) in [6.45, 7) is 9.54. The SMILES string of the molecule is CCCCCCn1c(=O)c(OC)c(O)c2ccc(OC/C=C(\C)CCC=C(C)C)cc21. The van der Waals surface area contributed by atoms with Crippen molar-refractivity contribution in [2.24, 2.45) is 0 Å². The van der Waals surface area contributed by atoms with E-state index in [4.69, 9.17) is 9.47 Å². The highest BCUT2D eigenvalue weighted by Crippen LogP contribution is 2.33. The van der Waals surface area contributed by atoms with Crippen LogP contribution in [0.15, 0.2) is 46.3 Å². The molecular weight excluding hydrogens is 390 g/mol. The predicted molar refractivity (Wildman–Crippen MR) is 128 cm³/mol. The summed E-state index contributed by atoms with van der Waals surface area (Å²) in [6.07, 6.45) is 10.6. The molecule has 0 unspecified atom stereocenters. The van der Waals surface area contributed by atoms with Gasteiger partial charge in [0.05, 0.1) is 12.6 Å². The van der Waals surface area contributed by atoms with Crippen molar-refractivity contribution in [3.8, 4) is 17.2 Å². The fourth-order valence-electron chi connectivity index (χ4n) is 3.55. The molecule has 1 aromatic carbocycles. The molecule has 5 nitrogen and oxygen atoms in total. The van der Waals surface area contributed by atoms with Crippen LogP contribution < -0.4 is 15.0 Å². The zero-order valence-corrected chi connectivity index (χ0v) is 19.7. The average molecular weight is 428 g/mol. The zero-order chi connectivity index (χ0) is 22.8. The first kappa shape index (κ1) is 24.6. The van der Waals surface area contributed by atoms with Gasteiger partial charge in [-0.1, -0.05) is 43.4 Å². The molecule has 1 heterocycles. The second-order valence-corrected chi connectivity index (χ2v) is 8.26. The Morgan fingerprint density at radius 1 is 1.13 bits per heavy atom. The largest absolute Gasteiger partial charge is 0.504 e. The van der Waals surface area contributed by atoms with E-state index in [9.17, 15) is 9.90 Å². The predicted octanol–water partition coefficient (Wildman–Crippen LogP) is 6.37. The van der Waals surface area contributed by atoms with Crippen molar-refractivity contribution in [1.29, 1.82) is 0 Å². The van der Waals surface area contributed by atoms with Gasteiger partial charge in [0.25, 0.3) is 5.56 Å². The van der Waals surface area contributed by atoms with E-state index in [0.29, 0.717) is 29.8 Å². The molecule has 0 bridgehead atoms. The maximum absolute atomic E-state index is 12.9. The second-order valence-electron chi connectivity index (χ2n) is 8.26. The van der Waals surface area contributed by atoms with Crippen LogP contribution in [0.3, 0.4) is 0 Å². The summed E-state index contributed by atoms with van der Waals surface area (Å²) in [6, 6.07) is 5.44. The summed E-state index contributed by atoms with van der Waals surface area (Å²) < 4.78 is 12.8. The maximum atomic E-state index is 12.9. The van der Waals surface area contributed by atoms with Gasteiger partial charge in [0.1, 0.15) is 12.4 Å². The van der Waals surface area contributed by atoms with Crippen LogP contribution in [0.1, 0.15) is 66.2 Å². The first-order valence-corrected chi connectivity index (χ1v) is 11.2. The number of methoxy groups -OCH3 is 1. The Morgan fingerprint density at radius 2 is 1.90 bits per heavy atom. The molecule has 170 valence electrons. The molecule has 0 saturated heterocycles. The van der Waals surface area contributed by atoms with Crippen LogP contribution in [0.4, 0.5) is 0 Å². The minimum absolute atomic E-state index is 0.00779. The summed E-state index contributed by atoms with van der Waals surface area (Å²) in [5.74, 6) is 0.549. The van der Waals surface area contributed by atoms with Gasteiger partial charge >= 0.3 is 0 Å². The van der Waals surface area contributed by atoms with Crippen LogP contribution in [0.25, 0.3) is 10.9 Å². The number of aryl methyl sites for hydroxylation is 1. The molecule has 2 aromatic rings. The summed E-state index contributed by atoms with van der Waals surface area (Å²) >= 11 is 0. The molecule has 0 radical (unpaired) electrons. The number of pyridine rings is 1. The van der Waals surface area contributed by atoms with E-state index in [0.717, 1.165) is 38.5 Å². The smallest absolute Gasteiger partial charge is 0.297 e. The molecule has 0 spiro atoms. The Morgan fingerprint density at radius 3 is 2.58 bits per heavy atom. The molecule has 1 N–H and O–H groups in total. The zero-order valence-electron chi connectivity index (χ0n) is 19.7. The van der Waals surface area contributed by atoms with Crippen molar-refractivity contribution < 1.29 is 14.6 Å². The van der Waals surface area contributed by atoms with E-state index in [-0.39, 0.29) is 17.1 Å². The van der Waals surface area contributed by atoms with Crippen molar-refractivity contribution in [2.45, 2.75) is 72.8 Å². The Labute approximate surface area is 186 Å². The normalized spacial score (nSPS) is 11.6. The summed E-state index contributed by atoms with van der Waals surface area (Å²) in [5.41, 5.74) is 2.98. The molecule has 1 aromatic heterocycles. The molecule has 0 amide bonds. The van der Waals surface area contributed by atoms with E-state index in [1.165, 1.54) is 18.3 Å². The molecule has 0 aliphatic heterocycles. The Balaban J connectivity index is 2.24. The van der Waals surface area contributed by atoms with Gasteiger partial charge in [-0.2, -0.15) is 0 Å². The second kappa shape index (κ2) is 12.2. The fourth-order valence-corrected chi connectivity index (χ4v) is 3.55. The number of nitrogens with zero attached hydrogens (tertiary/aromatic N) is 1. The molecule has 0 fully saturated rings. The van der Waals surface area contributed by atoms with Crippen molar-refractivity contribution in [2.75, 3.05) is 13.7 Å². The number of benzene rings is 1. The van der Waals surface area contributed by atoms with E-state index >= 15 is 0 Å². The lowest BCUT2D eigenvalue weighted by Gasteiger charge is -2.15. The molecule has 5 heteroatoms. The molecule has 2 rings (SSSR count). The van der Waals surface area contributed by atoms with Crippen LogP contribution in [-0.2, 0) is 6.54 Å². The fraction of sp³-hybridized carbons (Fsp3) is 0.500. The lowest BCUT2D eigenvalue weighted by atomic mass is 10.1. The number of aromatic hydroxyl groups is 1. The number of hydrogen-bond donors (Lipinski definition) is 1. The number of rotatable bonds is 12. The summed E-state index contributed by atoms with van der Waals surface area (Å²) in [5, 5.41) is 11.1. The Bertz CT molecular complexity index is 981. The van der Waals surface area contributed by atoms with Crippen molar-refractivity contribution in [3.05, 3.63) is 51.9 Å². The van der Waals surface area contributed by atoms with E-state index in [2.05, 4.69) is 39.8 Å². The quantitative estimate of drug-likeness (QED) is 0.316. The standard InChI is InChI=1S/C26H37NO4/c1-6-7-8-9-16-27-23-18-21(31-17-15-20(4)12-10-11-19(2)3)13-14-22(23)24(28)25(30-5)26(27)29/h11,13-15,18,28H,6-10,12,16-17H2,1-5H3/b20-15+. The molecule has 0 aliphatic carbocycles. The van der Waals surface area contributed by atoms with Gasteiger partial charge in [0.2, 0.25) is 5.75 Å². The van der Waals surface area contributed by atoms with Crippen molar-refractivity contribution in [1.82, 2.24) is 4.57 Å². The number of aromatic nitrogens is 1. The summed E-state index contributed by atoms with van der Waals surface area (Å²) in [7, 11) is 1.41. The van der Waals surface area contributed by atoms with Gasteiger partial charge < -0.3 is 19.1 Å². The van der Waals surface area contributed by atoms with Gasteiger partial charge in [0.15, 0.2) is 5.75 Å². The third-order valence-electron chi connectivity index (χ3n) is 5.38. The molecular formula is C26H37NO4. The first-order valence-electron chi connectivity index (χ1n) is 11.2. The van der Waals surface area contributed by atoms with Gasteiger partial charge in [-0.25, -0.2) is 0 Å². The van der Waals surface area contributed by atoms with Gasteiger partial charge in [-0.05, 0) is 58.2 Å². The van der Waals surface area contributed by atoms with E-state index in [1.807, 2.05) is 12.1 Å². The number of unbranched alkanes of at least 4 members (excludes halogenated alkanes) is 3. The minimum atomic E-state index is -0.309. The molecule has 31 heavy (non-hydrogen) atoms. The van der Waals surface area contributed by atoms with Gasteiger partial charge in [0, 0.05) is 18.0 Å². The molecule has 0 aliphatic rings. The highest BCUT2D eigenvalue weighted by molar-refractivity contribution is 5.88. The number of fused-ring (bicyclic) bond motifs is 1. The van der Waals surface area contributed by atoms with Gasteiger partial charge in [-0.3, -0.25) is 4.79 Å². The van der Waals surface area contributed by atoms with Crippen LogP contribution >= 0.6 is 0 Å². The lowest BCUT2D eigenvalue weighted by Crippen LogP contribution is -2.22. The monoisotopic (exact) mass is 427 g/mol.